The minimum atomic E-state index is -1.14. The molecule has 4 nitrogen and oxygen atoms in total. The third-order valence-electron chi connectivity index (χ3n) is 5.14. The lowest BCUT2D eigenvalue weighted by Gasteiger charge is -2.27. The van der Waals surface area contributed by atoms with E-state index in [4.69, 9.17) is 16.3 Å². The van der Waals surface area contributed by atoms with Gasteiger partial charge in [0.1, 0.15) is 5.41 Å². The van der Waals surface area contributed by atoms with Crippen LogP contribution in [0.2, 0.25) is 0 Å². The standard InChI is InChI=1S/C22H33ClO4/c1-4-6-8-17(5-2)15-27-21(26)22(3,16-24)19-12-10-18(11-13-19)20(25)9-7-14-23/h10-13,17,24H,4-9,14-16H2,1-3H3. The average Bonchev–Trinajstić information content (AvgIpc) is 2.71. The second-order valence-electron chi connectivity index (χ2n) is 7.30. The molecule has 0 aliphatic rings. The quantitative estimate of drug-likeness (QED) is 0.292. The van der Waals surface area contributed by atoms with E-state index in [0.29, 0.717) is 42.4 Å². The van der Waals surface area contributed by atoms with Gasteiger partial charge in [0, 0.05) is 17.9 Å². The van der Waals surface area contributed by atoms with Crippen LogP contribution in [0.4, 0.5) is 0 Å². The minimum absolute atomic E-state index is 0.0252. The molecule has 5 heteroatoms. The van der Waals surface area contributed by atoms with Crippen LogP contribution in [0.5, 0.6) is 0 Å². The summed E-state index contributed by atoms with van der Waals surface area (Å²) in [5, 5.41) is 9.89. The molecule has 27 heavy (non-hydrogen) atoms. The van der Waals surface area contributed by atoms with Crippen molar-refractivity contribution < 1.29 is 19.4 Å². The number of Topliss-reactive ketones (excluding diaryl/α,β-unsaturated/α-hetero) is 1. The van der Waals surface area contributed by atoms with Crippen molar-refractivity contribution >= 4 is 23.4 Å². The van der Waals surface area contributed by atoms with Gasteiger partial charge in [-0.2, -0.15) is 0 Å². The maximum Gasteiger partial charge on any atom is 0.318 e. The number of aliphatic hydroxyl groups excluding tert-OH is 1. The number of hydrogen-bond donors (Lipinski definition) is 1. The lowest BCUT2D eigenvalue weighted by molar-refractivity contribution is -0.153. The molecule has 1 rings (SSSR count). The maximum atomic E-state index is 12.7. The maximum absolute atomic E-state index is 12.7. The van der Waals surface area contributed by atoms with Gasteiger partial charge in [-0.15, -0.1) is 11.6 Å². The van der Waals surface area contributed by atoms with E-state index in [1.54, 1.807) is 31.2 Å². The predicted octanol–water partition coefficient (Wildman–Crippen LogP) is 4.90. The Bertz CT molecular complexity index is 584. The molecule has 1 aromatic carbocycles. The number of alkyl halides is 1. The number of esters is 1. The molecule has 152 valence electrons. The van der Waals surface area contributed by atoms with Gasteiger partial charge in [-0.05, 0) is 31.2 Å². The number of rotatable bonds is 13. The highest BCUT2D eigenvalue weighted by atomic mass is 35.5. The van der Waals surface area contributed by atoms with Gasteiger partial charge in [-0.25, -0.2) is 0 Å². The first-order chi connectivity index (χ1) is 12.9. The molecule has 2 unspecified atom stereocenters. The number of carbonyl (C=O) groups excluding carboxylic acids is 2. The first-order valence-corrected chi connectivity index (χ1v) is 10.4. The van der Waals surface area contributed by atoms with Gasteiger partial charge in [-0.1, -0.05) is 57.4 Å². The summed E-state index contributed by atoms with van der Waals surface area (Å²) in [7, 11) is 0. The summed E-state index contributed by atoms with van der Waals surface area (Å²) in [5.41, 5.74) is 0.0921. The SMILES string of the molecule is CCCCC(CC)COC(=O)C(C)(CO)c1ccc(C(=O)CCCCl)cc1. The molecule has 0 saturated carbocycles. The molecule has 0 amide bonds. The van der Waals surface area contributed by atoms with E-state index < -0.39 is 11.4 Å². The summed E-state index contributed by atoms with van der Waals surface area (Å²) < 4.78 is 5.55. The number of ketones is 1. The van der Waals surface area contributed by atoms with Gasteiger partial charge in [0.25, 0.3) is 0 Å². The van der Waals surface area contributed by atoms with Crippen molar-refractivity contribution in [2.45, 2.75) is 64.7 Å². The lowest BCUT2D eigenvalue weighted by atomic mass is 9.82. The molecule has 0 aliphatic carbocycles. The molecule has 0 bridgehead atoms. The smallest absolute Gasteiger partial charge is 0.318 e. The zero-order valence-electron chi connectivity index (χ0n) is 16.8. The third kappa shape index (κ3) is 6.93. The third-order valence-corrected chi connectivity index (χ3v) is 5.41. The predicted molar refractivity (Wildman–Crippen MR) is 109 cm³/mol. The first kappa shape index (κ1) is 23.6. The van der Waals surface area contributed by atoms with Crippen LogP contribution in [-0.4, -0.2) is 36.0 Å². The van der Waals surface area contributed by atoms with E-state index in [1.165, 1.54) is 0 Å². The monoisotopic (exact) mass is 396 g/mol. The number of aliphatic hydroxyl groups is 1. The van der Waals surface area contributed by atoms with E-state index in [1.807, 2.05) is 0 Å². The van der Waals surface area contributed by atoms with Gasteiger partial charge in [-0.3, -0.25) is 9.59 Å². The Hall–Kier alpha value is -1.39. The molecule has 0 aromatic heterocycles. The Kier molecular flexibility index (Phi) is 10.6. The number of hydrogen-bond acceptors (Lipinski definition) is 4. The molecular formula is C22H33ClO4. The number of benzene rings is 1. The van der Waals surface area contributed by atoms with E-state index in [2.05, 4.69) is 13.8 Å². The Morgan fingerprint density at radius 1 is 1.19 bits per heavy atom. The van der Waals surface area contributed by atoms with E-state index in [-0.39, 0.29) is 12.4 Å². The largest absolute Gasteiger partial charge is 0.465 e. The van der Waals surface area contributed by atoms with Crippen molar-refractivity contribution in [3.8, 4) is 0 Å². The number of halogens is 1. The van der Waals surface area contributed by atoms with Crippen molar-refractivity contribution in [3.05, 3.63) is 35.4 Å². The van der Waals surface area contributed by atoms with Crippen LogP contribution >= 0.6 is 11.6 Å². The molecule has 0 fully saturated rings. The number of unbranched alkanes of at least 4 members (excludes halogenated alkanes) is 1. The van der Waals surface area contributed by atoms with Gasteiger partial charge in [0.2, 0.25) is 0 Å². The fourth-order valence-electron chi connectivity index (χ4n) is 2.92. The molecule has 1 N–H and O–H groups in total. The Labute approximate surface area is 168 Å². The van der Waals surface area contributed by atoms with Crippen LogP contribution in [0, 0.1) is 5.92 Å². The molecule has 0 aliphatic heterocycles. The summed E-state index contributed by atoms with van der Waals surface area (Å²) in [6.45, 7) is 5.94. The van der Waals surface area contributed by atoms with Crippen molar-refractivity contribution in [3.63, 3.8) is 0 Å². The highest BCUT2D eigenvalue weighted by Gasteiger charge is 2.36. The van der Waals surface area contributed by atoms with Gasteiger partial charge >= 0.3 is 5.97 Å². The summed E-state index contributed by atoms with van der Waals surface area (Å²) >= 11 is 5.63. The second kappa shape index (κ2) is 12.1. The summed E-state index contributed by atoms with van der Waals surface area (Å²) in [6, 6.07) is 6.84. The zero-order valence-corrected chi connectivity index (χ0v) is 17.6. The van der Waals surface area contributed by atoms with Crippen molar-refractivity contribution in [2.75, 3.05) is 19.1 Å². The zero-order chi connectivity index (χ0) is 20.3. The Balaban J connectivity index is 2.80. The molecule has 0 heterocycles. The van der Waals surface area contributed by atoms with E-state index in [9.17, 15) is 14.7 Å². The summed E-state index contributed by atoms with van der Waals surface area (Å²) in [4.78, 5) is 24.8. The topological polar surface area (TPSA) is 63.6 Å². The molecule has 0 saturated heterocycles. The molecule has 0 spiro atoms. The molecule has 1 aromatic rings. The van der Waals surface area contributed by atoms with Gasteiger partial charge < -0.3 is 9.84 Å². The van der Waals surface area contributed by atoms with Crippen molar-refractivity contribution in [2.24, 2.45) is 5.92 Å². The molecular weight excluding hydrogens is 364 g/mol. The normalized spacial score (nSPS) is 14.4. The first-order valence-electron chi connectivity index (χ1n) is 9.90. The Morgan fingerprint density at radius 3 is 2.37 bits per heavy atom. The summed E-state index contributed by atoms with van der Waals surface area (Å²) in [6.07, 6.45) is 5.27. The van der Waals surface area contributed by atoms with Crippen LogP contribution in [0.15, 0.2) is 24.3 Å². The van der Waals surface area contributed by atoms with Crippen LogP contribution in [0.3, 0.4) is 0 Å². The fraction of sp³-hybridized carbons (Fsp3) is 0.636. The highest BCUT2D eigenvalue weighted by Crippen LogP contribution is 2.27. The fourth-order valence-corrected chi connectivity index (χ4v) is 3.05. The highest BCUT2D eigenvalue weighted by molar-refractivity contribution is 6.18. The molecule has 2 atom stereocenters. The van der Waals surface area contributed by atoms with Crippen LogP contribution in [0.25, 0.3) is 0 Å². The number of carbonyl (C=O) groups is 2. The molecule has 0 radical (unpaired) electrons. The second-order valence-corrected chi connectivity index (χ2v) is 7.68. The van der Waals surface area contributed by atoms with E-state index in [0.717, 1.165) is 25.7 Å². The minimum Gasteiger partial charge on any atom is -0.465 e. The van der Waals surface area contributed by atoms with Gasteiger partial charge in [0.15, 0.2) is 5.78 Å². The van der Waals surface area contributed by atoms with Gasteiger partial charge in [0.05, 0.1) is 13.2 Å². The van der Waals surface area contributed by atoms with E-state index >= 15 is 0 Å². The average molecular weight is 397 g/mol. The van der Waals surface area contributed by atoms with Crippen LogP contribution < -0.4 is 0 Å². The lowest BCUT2D eigenvalue weighted by Crippen LogP contribution is -2.38. The summed E-state index contributed by atoms with van der Waals surface area (Å²) in [5.74, 6) is 0.395. The van der Waals surface area contributed by atoms with Crippen molar-refractivity contribution in [1.82, 2.24) is 0 Å². The van der Waals surface area contributed by atoms with Crippen LogP contribution in [-0.2, 0) is 14.9 Å². The Morgan fingerprint density at radius 2 is 1.85 bits per heavy atom. The van der Waals surface area contributed by atoms with Crippen LogP contribution in [0.1, 0.15) is 75.2 Å². The number of ether oxygens (including phenoxy) is 1. The van der Waals surface area contributed by atoms with Crippen molar-refractivity contribution in [1.29, 1.82) is 0 Å².